The summed E-state index contributed by atoms with van der Waals surface area (Å²) in [5.74, 6) is 0.337. The molecule has 170 valence electrons. The lowest BCUT2D eigenvalue weighted by molar-refractivity contribution is 0.0461. The Kier molecular flexibility index (Phi) is 6.01. The Morgan fingerprint density at radius 2 is 1.84 bits per heavy atom. The van der Waals surface area contributed by atoms with E-state index in [1.807, 2.05) is 38.1 Å². The van der Waals surface area contributed by atoms with Crippen molar-refractivity contribution < 1.29 is 23.5 Å². The van der Waals surface area contributed by atoms with Crippen LogP contribution in [0.2, 0.25) is 5.04 Å². The van der Waals surface area contributed by atoms with Crippen LogP contribution in [0.1, 0.15) is 65.9 Å². The van der Waals surface area contributed by atoms with Crippen LogP contribution in [-0.2, 0) is 14.8 Å². The fourth-order valence-electron chi connectivity index (χ4n) is 3.44. The molecule has 0 aliphatic carbocycles. The van der Waals surface area contributed by atoms with Crippen molar-refractivity contribution in [3.63, 3.8) is 0 Å². The molecule has 0 bridgehead atoms. The zero-order valence-corrected chi connectivity index (χ0v) is 21.2. The Morgan fingerprint density at radius 3 is 2.45 bits per heavy atom. The molecule has 1 atom stereocenters. The minimum absolute atomic E-state index is 0.0241. The first-order valence-electron chi connectivity index (χ1n) is 10.6. The quantitative estimate of drug-likeness (QED) is 0.715. The van der Waals surface area contributed by atoms with E-state index in [-0.39, 0.29) is 17.6 Å². The highest BCUT2D eigenvalue weighted by atomic mass is 28.2. The van der Waals surface area contributed by atoms with E-state index >= 15 is 0 Å². The molecule has 7 nitrogen and oxygen atoms in total. The first kappa shape index (κ1) is 23.3. The van der Waals surface area contributed by atoms with Crippen molar-refractivity contribution in [2.24, 2.45) is 0 Å². The van der Waals surface area contributed by atoms with Gasteiger partial charge in [0.2, 0.25) is 0 Å². The summed E-state index contributed by atoms with van der Waals surface area (Å²) in [5, 5.41) is 3.69. The molecule has 0 fully saturated rings. The number of hydrogen-bond acceptors (Lipinski definition) is 5. The monoisotopic (exact) mass is 446 g/mol. The van der Waals surface area contributed by atoms with Gasteiger partial charge >= 0.3 is 6.09 Å². The second-order valence-corrected chi connectivity index (χ2v) is 13.5. The third-order valence-corrected chi connectivity index (χ3v) is 6.62. The number of carbonyl (C=O) groups excluding carboxylic acids is 2. The zero-order chi connectivity index (χ0) is 23.2. The normalized spacial score (nSPS) is 17.7. The van der Waals surface area contributed by atoms with E-state index < -0.39 is 33.1 Å². The van der Waals surface area contributed by atoms with Crippen LogP contribution < -0.4 is 10.1 Å². The highest BCUT2D eigenvalue weighted by Gasteiger charge is 2.36. The van der Waals surface area contributed by atoms with Crippen molar-refractivity contribution in [3.05, 3.63) is 30.0 Å². The van der Waals surface area contributed by atoms with Crippen molar-refractivity contribution in [1.29, 1.82) is 0 Å². The van der Waals surface area contributed by atoms with Crippen LogP contribution in [0.4, 0.5) is 4.79 Å². The molecule has 1 aliphatic rings. The van der Waals surface area contributed by atoms with Crippen LogP contribution in [0, 0.1) is 0 Å². The fourth-order valence-corrected chi connectivity index (χ4v) is 4.38. The Labute approximate surface area is 186 Å². The smallest absolute Gasteiger partial charge is 0.408 e. The lowest BCUT2D eigenvalue weighted by Gasteiger charge is -2.31. The fraction of sp³-hybridized carbons (Fsp3) is 0.565. The number of alkyl carbamates (subject to hydrolysis) is 1. The van der Waals surface area contributed by atoms with Crippen LogP contribution in [-0.4, -0.2) is 44.6 Å². The van der Waals surface area contributed by atoms with Gasteiger partial charge in [0.15, 0.2) is 9.76 Å². The van der Waals surface area contributed by atoms with E-state index in [0.717, 1.165) is 11.1 Å². The van der Waals surface area contributed by atoms with E-state index in [2.05, 4.69) is 26.1 Å². The molecule has 1 amide bonds. The maximum atomic E-state index is 13.6. The lowest BCUT2D eigenvalue weighted by atomic mass is 10.1. The summed E-state index contributed by atoms with van der Waals surface area (Å²) in [5.41, 5.74) is 0.107. The second kappa shape index (κ2) is 7.98. The van der Waals surface area contributed by atoms with Gasteiger partial charge in [0.1, 0.15) is 24.0 Å². The summed E-state index contributed by atoms with van der Waals surface area (Å²) >= 11 is 0. The summed E-state index contributed by atoms with van der Waals surface area (Å²) < 4.78 is 19.3. The molecule has 3 rings (SSSR count). The van der Waals surface area contributed by atoms with Gasteiger partial charge in [0.05, 0.1) is 16.8 Å². The predicted octanol–water partition coefficient (Wildman–Crippen LogP) is 4.12. The van der Waals surface area contributed by atoms with Gasteiger partial charge in [0.25, 0.3) is 5.91 Å². The molecule has 0 radical (unpaired) electrons. The summed E-state index contributed by atoms with van der Waals surface area (Å²) in [4.78, 5) is 26.0. The van der Waals surface area contributed by atoms with Gasteiger partial charge in [-0.15, -0.1) is 0 Å². The predicted molar refractivity (Wildman–Crippen MR) is 124 cm³/mol. The maximum absolute atomic E-state index is 13.6. The standard InChI is InChI=1S/C23H34N2O5Si/c1-21(2,3)29-20(27)24-15-13-28-16-11-9-10-14-12-17(25(18(14)16)19(15)26)23(7,8)30-31-22(4,5)6/h9-12,15H,13,31H2,1-8H3,(H,24,27)/t15-/m0/s1. The zero-order valence-electron chi connectivity index (χ0n) is 19.8. The molecule has 0 unspecified atom stereocenters. The molecule has 0 saturated heterocycles. The highest BCUT2D eigenvalue weighted by Crippen LogP contribution is 2.37. The minimum atomic E-state index is -0.882. The molecule has 1 aromatic heterocycles. The summed E-state index contributed by atoms with van der Waals surface area (Å²) in [6, 6.07) is 6.79. The van der Waals surface area contributed by atoms with Crippen molar-refractivity contribution >= 4 is 32.7 Å². The number of hydrogen-bond donors (Lipinski definition) is 1. The molecular weight excluding hydrogens is 412 g/mol. The van der Waals surface area contributed by atoms with E-state index in [0.29, 0.717) is 11.3 Å². The lowest BCUT2D eigenvalue weighted by Crippen LogP contribution is -2.48. The van der Waals surface area contributed by atoms with E-state index in [1.54, 1.807) is 25.3 Å². The molecular formula is C23H34N2O5Si. The van der Waals surface area contributed by atoms with Crippen molar-refractivity contribution in [3.8, 4) is 5.75 Å². The summed E-state index contributed by atoms with van der Waals surface area (Å²) in [6.07, 6.45) is -0.652. The average molecular weight is 447 g/mol. The number of amides is 1. The number of rotatable bonds is 4. The van der Waals surface area contributed by atoms with Crippen molar-refractivity contribution in [2.75, 3.05) is 6.61 Å². The molecule has 1 aliphatic heterocycles. The molecule has 31 heavy (non-hydrogen) atoms. The number of benzene rings is 1. The summed E-state index contributed by atoms with van der Waals surface area (Å²) in [7, 11) is -0.872. The van der Waals surface area contributed by atoms with Gasteiger partial charge in [-0.05, 0) is 51.8 Å². The van der Waals surface area contributed by atoms with E-state index in [4.69, 9.17) is 13.9 Å². The van der Waals surface area contributed by atoms with E-state index in [9.17, 15) is 9.59 Å². The molecule has 2 aromatic rings. The molecule has 0 spiro atoms. The van der Waals surface area contributed by atoms with Crippen LogP contribution in [0.3, 0.4) is 0 Å². The number of para-hydroxylation sites is 1. The first-order valence-corrected chi connectivity index (χ1v) is 11.9. The molecule has 8 heteroatoms. The van der Waals surface area contributed by atoms with Crippen LogP contribution in [0.5, 0.6) is 5.75 Å². The first-order chi connectivity index (χ1) is 14.2. The second-order valence-electron chi connectivity index (χ2n) is 10.8. The number of nitrogens with one attached hydrogen (secondary N) is 1. The molecule has 1 N–H and O–H groups in total. The Balaban J connectivity index is 2.01. The number of nitrogens with zero attached hydrogens (tertiary/aromatic N) is 1. The van der Waals surface area contributed by atoms with Gasteiger partial charge in [-0.2, -0.15) is 0 Å². The van der Waals surface area contributed by atoms with Gasteiger partial charge < -0.3 is 19.2 Å². The van der Waals surface area contributed by atoms with Crippen LogP contribution >= 0.6 is 0 Å². The number of ether oxygens (including phenoxy) is 2. The molecule has 2 heterocycles. The van der Waals surface area contributed by atoms with Gasteiger partial charge in [-0.25, -0.2) is 4.79 Å². The van der Waals surface area contributed by atoms with Crippen LogP contribution in [0.25, 0.3) is 10.9 Å². The highest BCUT2D eigenvalue weighted by molar-refractivity contribution is 6.31. The maximum Gasteiger partial charge on any atom is 0.408 e. The number of carbonyl (C=O) groups is 2. The van der Waals surface area contributed by atoms with Crippen molar-refractivity contribution in [2.45, 2.75) is 77.7 Å². The van der Waals surface area contributed by atoms with Gasteiger partial charge in [-0.1, -0.05) is 32.9 Å². The van der Waals surface area contributed by atoms with Crippen molar-refractivity contribution in [1.82, 2.24) is 9.88 Å². The third-order valence-electron chi connectivity index (χ3n) is 4.88. The Morgan fingerprint density at radius 1 is 1.16 bits per heavy atom. The molecule has 1 aromatic carbocycles. The van der Waals surface area contributed by atoms with Gasteiger partial charge in [-0.3, -0.25) is 9.36 Å². The van der Waals surface area contributed by atoms with E-state index in [1.165, 1.54) is 0 Å². The Bertz CT molecular complexity index is 998. The average Bonchev–Trinajstić information content (AvgIpc) is 2.96. The molecule has 0 saturated carbocycles. The number of aromatic nitrogens is 1. The summed E-state index contributed by atoms with van der Waals surface area (Å²) in [6.45, 7) is 15.8. The van der Waals surface area contributed by atoms with Crippen LogP contribution in [0.15, 0.2) is 24.3 Å². The topological polar surface area (TPSA) is 78.8 Å². The van der Waals surface area contributed by atoms with Gasteiger partial charge in [0, 0.05) is 5.39 Å². The largest absolute Gasteiger partial charge is 0.489 e. The third kappa shape index (κ3) is 5.30. The SMILES string of the molecule is CC(C)(C)OC(=O)N[C@H]1COc2cccc3cc(C(C)(C)O[SiH2]C(C)(C)C)n(c23)C1=O. The Hall–Kier alpha value is -2.32. The minimum Gasteiger partial charge on any atom is -0.489 e.